The molecule has 5 nitrogen and oxygen atoms in total. The van der Waals surface area contributed by atoms with Crippen molar-refractivity contribution in [2.24, 2.45) is 10.9 Å². The zero-order valence-corrected chi connectivity index (χ0v) is 19.9. The monoisotopic (exact) mass is 488 g/mol. The van der Waals surface area contributed by atoms with Crippen LogP contribution in [0.2, 0.25) is 0 Å². The van der Waals surface area contributed by atoms with Crippen LogP contribution in [0, 0.1) is 5.92 Å². The highest BCUT2D eigenvalue weighted by Crippen LogP contribution is 2.23. The van der Waals surface area contributed by atoms with Crippen molar-refractivity contribution in [3.05, 3.63) is 29.8 Å². The molecule has 1 fully saturated rings. The lowest BCUT2D eigenvalue weighted by molar-refractivity contribution is 0.129. The maximum atomic E-state index is 6.07. The average molecular weight is 488 g/mol. The molecule has 0 aromatic heterocycles. The second-order valence-corrected chi connectivity index (χ2v) is 7.95. The van der Waals surface area contributed by atoms with Crippen molar-refractivity contribution in [1.82, 2.24) is 15.5 Å². The third kappa shape index (κ3) is 8.68. The Bertz CT molecular complexity index is 586. The molecule has 1 unspecified atom stereocenters. The van der Waals surface area contributed by atoms with Gasteiger partial charge in [0.1, 0.15) is 11.4 Å². The van der Waals surface area contributed by atoms with E-state index in [0.717, 1.165) is 36.9 Å². The van der Waals surface area contributed by atoms with Crippen molar-refractivity contribution in [3.63, 3.8) is 0 Å². The molecule has 0 bridgehead atoms. The predicted octanol–water partition coefficient (Wildman–Crippen LogP) is 3.88. The number of rotatable bonds is 7. The fourth-order valence-corrected chi connectivity index (χ4v) is 3.18. The minimum Gasteiger partial charge on any atom is -0.488 e. The van der Waals surface area contributed by atoms with Crippen molar-refractivity contribution >= 4 is 29.9 Å². The molecule has 1 heterocycles. The van der Waals surface area contributed by atoms with Gasteiger partial charge in [-0.15, -0.1) is 24.0 Å². The smallest absolute Gasteiger partial charge is 0.191 e. The molecule has 0 aliphatic carbocycles. The first-order valence-corrected chi connectivity index (χ1v) is 9.92. The van der Waals surface area contributed by atoms with Gasteiger partial charge in [0.2, 0.25) is 0 Å². The van der Waals surface area contributed by atoms with Crippen LogP contribution in [0.15, 0.2) is 29.3 Å². The lowest BCUT2D eigenvalue weighted by atomic mass is 10.1. The Morgan fingerprint density at radius 2 is 1.96 bits per heavy atom. The summed E-state index contributed by atoms with van der Waals surface area (Å²) < 4.78 is 6.07. The number of hydrogen-bond acceptors (Lipinski definition) is 3. The second-order valence-electron chi connectivity index (χ2n) is 7.95. The highest BCUT2D eigenvalue weighted by atomic mass is 127. The van der Waals surface area contributed by atoms with E-state index in [9.17, 15) is 0 Å². The fraction of sp³-hybridized carbons (Fsp3) is 0.667. The van der Waals surface area contributed by atoms with Crippen LogP contribution in [-0.2, 0) is 6.54 Å². The normalized spacial score (nSPS) is 18.1. The number of para-hydroxylation sites is 1. The third-order valence-electron chi connectivity index (χ3n) is 4.52. The molecule has 1 aromatic carbocycles. The molecule has 1 aliphatic rings. The molecule has 1 aliphatic heterocycles. The highest BCUT2D eigenvalue weighted by molar-refractivity contribution is 14.0. The first-order valence-electron chi connectivity index (χ1n) is 9.92. The van der Waals surface area contributed by atoms with Gasteiger partial charge in [-0.1, -0.05) is 25.1 Å². The molecule has 1 atom stereocenters. The summed E-state index contributed by atoms with van der Waals surface area (Å²) in [6.45, 7) is 16.5. The van der Waals surface area contributed by atoms with Gasteiger partial charge in [-0.3, -0.25) is 0 Å². The number of likely N-dealkylation sites (tertiary alicyclic amines) is 1. The molecule has 0 amide bonds. The van der Waals surface area contributed by atoms with E-state index in [-0.39, 0.29) is 29.6 Å². The lowest BCUT2D eigenvalue weighted by Crippen LogP contribution is -2.40. The predicted molar refractivity (Wildman–Crippen MR) is 125 cm³/mol. The van der Waals surface area contributed by atoms with Gasteiger partial charge in [0.15, 0.2) is 5.96 Å². The second kappa shape index (κ2) is 11.7. The summed E-state index contributed by atoms with van der Waals surface area (Å²) >= 11 is 0. The van der Waals surface area contributed by atoms with E-state index < -0.39 is 0 Å². The molecule has 2 N–H and O–H groups in total. The highest BCUT2D eigenvalue weighted by Gasteiger charge is 2.21. The number of ether oxygens (including phenoxy) is 1. The number of hydrogen-bond donors (Lipinski definition) is 2. The number of guanidine groups is 1. The first kappa shape index (κ1) is 24.0. The fourth-order valence-electron chi connectivity index (χ4n) is 3.18. The first-order chi connectivity index (χ1) is 12.4. The van der Waals surface area contributed by atoms with Crippen LogP contribution < -0.4 is 15.4 Å². The van der Waals surface area contributed by atoms with E-state index in [1.807, 2.05) is 18.2 Å². The van der Waals surface area contributed by atoms with Crippen LogP contribution in [0.3, 0.4) is 0 Å². The van der Waals surface area contributed by atoms with Crippen molar-refractivity contribution in [2.75, 3.05) is 32.7 Å². The van der Waals surface area contributed by atoms with Crippen molar-refractivity contribution in [1.29, 1.82) is 0 Å². The molecule has 154 valence electrons. The van der Waals surface area contributed by atoms with Gasteiger partial charge in [0.05, 0.1) is 6.54 Å². The molecule has 1 aromatic rings. The molecular weight excluding hydrogens is 451 g/mol. The summed E-state index contributed by atoms with van der Waals surface area (Å²) in [4.78, 5) is 7.29. The van der Waals surface area contributed by atoms with E-state index in [4.69, 9.17) is 9.73 Å². The Balaban J connectivity index is 0.00000364. The van der Waals surface area contributed by atoms with Gasteiger partial charge < -0.3 is 20.3 Å². The van der Waals surface area contributed by atoms with Crippen molar-refractivity contribution < 1.29 is 4.74 Å². The summed E-state index contributed by atoms with van der Waals surface area (Å²) in [5, 5.41) is 6.87. The van der Waals surface area contributed by atoms with Gasteiger partial charge in [0.25, 0.3) is 0 Å². The van der Waals surface area contributed by atoms with Crippen molar-refractivity contribution in [2.45, 2.75) is 53.2 Å². The summed E-state index contributed by atoms with van der Waals surface area (Å²) in [6.07, 6.45) is 1.27. The Kier molecular flexibility index (Phi) is 10.4. The van der Waals surface area contributed by atoms with Crippen LogP contribution in [0.4, 0.5) is 0 Å². The minimum atomic E-state index is -0.212. The minimum absolute atomic E-state index is 0. The van der Waals surface area contributed by atoms with Crippen LogP contribution in [0.25, 0.3) is 0 Å². The average Bonchev–Trinajstić information content (AvgIpc) is 3.05. The molecular formula is C21H37IN4O. The number of nitrogens with one attached hydrogen (secondary N) is 2. The van der Waals surface area contributed by atoms with Crippen LogP contribution >= 0.6 is 24.0 Å². The summed E-state index contributed by atoms with van der Waals surface area (Å²) in [7, 11) is 0. The Morgan fingerprint density at radius 3 is 2.59 bits per heavy atom. The van der Waals surface area contributed by atoms with E-state index in [2.05, 4.69) is 56.2 Å². The molecule has 1 saturated heterocycles. The number of benzene rings is 1. The standard InChI is InChI=1S/C21H36N4O.HI/c1-6-22-20(23-14-17-12-13-25(7-2)16-17)24-15-18-10-8-9-11-19(18)26-21(3,4)5;/h8-11,17H,6-7,12-16H2,1-5H3,(H2,22,23,24);1H. The molecule has 0 spiro atoms. The van der Waals surface area contributed by atoms with E-state index in [1.54, 1.807) is 0 Å². The van der Waals surface area contributed by atoms with E-state index in [1.165, 1.54) is 19.5 Å². The topological polar surface area (TPSA) is 48.9 Å². The quantitative estimate of drug-likeness (QED) is 0.348. The third-order valence-corrected chi connectivity index (χ3v) is 4.52. The number of aliphatic imine (C=N–C) groups is 1. The van der Waals surface area contributed by atoms with E-state index >= 15 is 0 Å². The van der Waals surface area contributed by atoms with Gasteiger partial charge in [-0.2, -0.15) is 0 Å². The maximum absolute atomic E-state index is 6.07. The number of nitrogens with zero attached hydrogens (tertiary/aromatic N) is 2. The molecule has 2 rings (SSSR count). The Morgan fingerprint density at radius 1 is 1.22 bits per heavy atom. The van der Waals surface area contributed by atoms with Crippen molar-refractivity contribution in [3.8, 4) is 5.75 Å². The zero-order valence-electron chi connectivity index (χ0n) is 17.5. The van der Waals surface area contributed by atoms with Gasteiger partial charge >= 0.3 is 0 Å². The maximum Gasteiger partial charge on any atom is 0.191 e. The Hall–Kier alpha value is -1.02. The summed E-state index contributed by atoms with van der Waals surface area (Å²) in [5.41, 5.74) is 0.897. The molecule has 0 saturated carbocycles. The van der Waals surface area contributed by atoms with Gasteiger partial charge in [-0.25, -0.2) is 4.99 Å². The van der Waals surface area contributed by atoms with Crippen LogP contribution in [0.5, 0.6) is 5.75 Å². The Labute approximate surface area is 182 Å². The van der Waals surface area contributed by atoms with Gasteiger partial charge in [-0.05, 0) is 59.2 Å². The van der Waals surface area contributed by atoms with Crippen LogP contribution in [0.1, 0.15) is 46.6 Å². The summed E-state index contributed by atoms with van der Waals surface area (Å²) in [6, 6.07) is 8.16. The van der Waals surface area contributed by atoms with Gasteiger partial charge in [0, 0.05) is 25.2 Å². The molecule has 6 heteroatoms. The molecule has 27 heavy (non-hydrogen) atoms. The number of halogens is 1. The van der Waals surface area contributed by atoms with Crippen LogP contribution in [-0.4, -0.2) is 49.2 Å². The van der Waals surface area contributed by atoms with E-state index in [0.29, 0.717) is 12.5 Å². The largest absolute Gasteiger partial charge is 0.488 e. The lowest BCUT2D eigenvalue weighted by Gasteiger charge is -2.23. The SMILES string of the molecule is CCNC(=NCc1ccccc1OC(C)(C)C)NCC1CCN(CC)C1.I. The molecule has 0 radical (unpaired) electrons. The zero-order chi connectivity index (χ0) is 19.0. The summed E-state index contributed by atoms with van der Waals surface area (Å²) in [5.74, 6) is 2.50.